The van der Waals surface area contributed by atoms with Gasteiger partial charge in [-0.1, -0.05) is 143 Å². The summed E-state index contributed by atoms with van der Waals surface area (Å²) in [4.78, 5) is 36.9. The first-order valence-electron chi connectivity index (χ1n) is 17.0. The molecule has 40 heavy (non-hydrogen) atoms. The van der Waals surface area contributed by atoms with Crippen molar-refractivity contribution in [3.63, 3.8) is 0 Å². The summed E-state index contributed by atoms with van der Waals surface area (Å²) in [6.07, 6.45) is 25.5. The summed E-state index contributed by atoms with van der Waals surface area (Å²) in [5, 5.41) is 0. The molecule has 0 fully saturated rings. The number of ether oxygens (including phenoxy) is 3. The van der Waals surface area contributed by atoms with E-state index >= 15 is 0 Å². The van der Waals surface area contributed by atoms with Gasteiger partial charge in [0.25, 0.3) is 0 Å². The molecule has 1 unspecified atom stereocenters. The summed E-state index contributed by atoms with van der Waals surface area (Å²) in [6.45, 7) is 6.47. The molecular formula is C34H64O6. The van der Waals surface area contributed by atoms with Crippen molar-refractivity contribution < 1.29 is 28.6 Å². The lowest BCUT2D eigenvalue weighted by molar-refractivity contribution is -0.167. The zero-order chi connectivity index (χ0) is 29.5. The summed E-state index contributed by atoms with van der Waals surface area (Å²) in [5.74, 6) is -0.892. The van der Waals surface area contributed by atoms with E-state index < -0.39 is 6.10 Å². The lowest BCUT2D eigenvalue weighted by atomic mass is 10.1. The maximum Gasteiger partial charge on any atom is 0.306 e. The van der Waals surface area contributed by atoms with Crippen LogP contribution in [0.15, 0.2) is 0 Å². The SMILES string of the molecule is CCCCCCCCCCCCC(=O)OCC(COC(=O)CCCCCCC)OC(=O)CCCCCCCCC. The molecule has 0 aromatic carbocycles. The zero-order valence-corrected chi connectivity index (χ0v) is 26.6. The molecule has 0 heterocycles. The molecule has 236 valence electrons. The highest BCUT2D eigenvalue weighted by molar-refractivity contribution is 5.71. The Hall–Kier alpha value is -1.59. The number of unbranched alkanes of at least 4 members (excludes halogenated alkanes) is 19. The molecule has 0 saturated heterocycles. The van der Waals surface area contributed by atoms with Crippen LogP contribution in [0.4, 0.5) is 0 Å². The van der Waals surface area contributed by atoms with Crippen LogP contribution in [0.25, 0.3) is 0 Å². The van der Waals surface area contributed by atoms with E-state index in [0.717, 1.165) is 64.2 Å². The van der Waals surface area contributed by atoms with Crippen molar-refractivity contribution in [2.75, 3.05) is 13.2 Å². The fourth-order valence-electron chi connectivity index (χ4n) is 4.73. The zero-order valence-electron chi connectivity index (χ0n) is 26.6. The monoisotopic (exact) mass is 568 g/mol. The molecule has 0 aliphatic carbocycles. The number of carbonyl (C=O) groups excluding carboxylic acids is 3. The first kappa shape index (κ1) is 38.4. The van der Waals surface area contributed by atoms with Gasteiger partial charge in [0.15, 0.2) is 6.10 Å². The highest BCUT2D eigenvalue weighted by Gasteiger charge is 2.19. The molecule has 0 amide bonds. The standard InChI is InChI=1S/C34H64O6/c1-4-7-10-13-15-16-17-19-21-24-27-33(36)39-30-31(29-38-32(35)26-23-20-12-9-6-3)40-34(37)28-25-22-18-14-11-8-5-2/h31H,4-30H2,1-3H3. The van der Waals surface area contributed by atoms with Gasteiger partial charge >= 0.3 is 17.9 Å². The van der Waals surface area contributed by atoms with E-state index in [-0.39, 0.29) is 31.1 Å². The van der Waals surface area contributed by atoms with Crippen LogP contribution in [0.5, 0.6) is 0 Å². The van der Waals surface area contributed by atoms with E-state index in [2.05, 4.69) is 20.8 Å². The van der Waals surface area contributed by atoms with Gasteiger partial charge in [-0.3, -0.25) is 14.4 Å². The second-order valence-corrected chi connectivity index (χ2v) is 11.4. The molecule has 0 radical (unpaired) electrons. The van der Waals surface area contributed by atoms with Crippen molar-refractivity contribution in [2.24, 2.45) is 0 Å². The van der Waals surface area contributed by atoms with Crippen LogP contribution in [-0.4, -0.2) is 37.2 Å². The van der Waals surface area contributed by atoms with Gasteiger partial charge in [-0.15, -0.1) is 0 Å². The Morgan fingerprint density at radius 1 is 0.400 bits per heavy atom. The normalized spacial score (nSPS) is 11.8. The predicted octanol–water partition coefficient (Wildman–Crippen LogP) is 9.80. The Kier molecular flexibility index (Phi) is 29.2. The molecule has 0 bridgehead atoms. The van der Waals surface area contributed by atoms with Gasteiger partial charge in [0, 0.05) is 19.3 Å². The van der Waals surface area contributed by atoms with E-state index in [1.165, 1.54) is 77.0 Å². The first-order valence-corrected chi connectivity index (χ1v) is 17.0. The highest BCUT2D eigenvalue weighted by atomic mass is 16.6. The third kappa shape index (κ3) is 28.0. The van der Waals surface area contributed by atoms with Crippen molar-refractivity contribution in [1.82, 2.24) is 0 Å². The van der Waals surface area contributed by atoms with Crippen LogP contribution < -0.4 is 0 Å². The largest absolute Gasteiger partial charge is 0.462 e. The van der Waals surface area contributed by atoms with Crippen molar-refractivity contribution in [3.8, 4) is 0 Å². The number of esters is 3. The maximum atomic E-state index is 12.4. The number of hydrogen-bond donors (Lipinski definition) is 0. The van der Waals surface area contributed by atoms with Gasteiger partial charge < -0.3 is 14.2 Å². The van der Waals surface area contributed by atoms with Gasteiger partial charge in [-0.05, 0) is 19.3 Å². The van der Waals surface area contributed by atoms with Gasteiger partial charge in [0.2, 0.25) is 0 Å². The molecule has 0 saturated carbocycles. The summed E-state index contributed by atoms with van der Waals surface area (Å²) in [7, 11) is 0. The van der Waals surface area contributed by atoms with E-state index in [9.17, 15) is 14.4 Å². The first-order chi connectivity index (χ1) is 19.5. The van der Waals surface area contributed by atoms with Crippen molar-refractivity contribution in [1.29, 1.82) is 0 Å². The van der Waals surface area contributed by atoms with Gasteiger partial charge in [0.1, 0.15) is 13.2 Å². The fraction of sp³-hybridized carbons (Fsp3) is 0.912. The molecule has 1 atom stereocenters. The van der Waals surface area contributed by atoms with E-state index in [1.807, 2.05) is 0 Å². The summed E-state index contributed by atoms with van der Waals surface area (Å²) in [6, 6.07) is 0. The minimum Gasteiger partial charge on any atom is -0.462 e. The average molecular weight is 569 g/mol. The highest BCUT2D eigenvalue weighted by Crippen LogP contribution is 2.13. The Balaban J connectivity index is 4.29. The molecular weight excluding hydrogens is 504 g/mol. The van der Waals surface area contributed by atoms with Gasteiger partial charge in [0.05, 0.1) is 0 Å². The minimum absolute atomic E-state index is 0.0663. The lowest BCUT2D eigenvalue weighted by Crippen LogP contribution is -2.30. The smallest absolute Gasteiger partial charge is 0.306 e. The topological polar surface area (TPSA) is 78.9 Å². The van der Waals surface area contributed by atoms with Crippen molar-refractivity contribution >= 4 is 17.9 Å². The number of rotatable bonds is 30. The molecule has 0 aliphatic heterocycles. The second-order valence-electron chi connectivity index (χ2n) is 11.4. The van der Waals surface area contributed by atoms with Crippen molar-refractivity contribution in [2.45, 2.75) is 187 Å². The van der Waals surface area contributed by atoms with Crippen LogP contribution in [0.1, 0.15) is 181 Å². The Bertz CT molecular complexity index is 591. The molecule has 0 spiro atoms. The number of hydrogen-bond acceptors (Lipinski definition) is 6. The maximum absolute atomic E-state index is 12.4. The third-order valence-electron chi connectivity index (χ3n) is 7.36. The summed E-state index contributed by atoms with van der Waals surface area (Å²) >= 11 is 0. The van der Waals surface area contributed by atoms with Crippen LogP contribution in [0.2, 0.25) is 0 Å². The van der Waals surface area contributed by atoms with E-state index in [0.29, 0.717) is 19.3 Å². The molecule has 0 aromatic heterocycles. The molecule has 0 aromatic rings. The molecule has 6 heteroatoms. The number of carbonyl (C=O) groups is 3. The Morgan fingerprint density at radius 2 is 0.675 bits per heavy atom. The van der Waals surface area contributed by atoms with Gasteiger partial charge in [-0.25, -0.2) is 0 Å². The molecule has 0 aliphatic rings. The Morgan fingerprint density at radius 3 is 1.00 bits per heavy atom. The molecule has 6 nitrogen and oxygen atoms in total. The van der Waals surface area contributed by atoms with Crippen LogP contribution in [0.3, 0.4) is 0 Å². The van der Waals surface area contributed by atoms with Gasteiger partial charge in [-0.2, -0.15) is 0 Å². The third-order valence-corrected chi connectivity index (χ3v) is 7.36. The summed E-state index contributed by atoms with van der Waals surface area (Å²) < 4.78 is 16.4. The second kappa shape index (κ2) is 30.4. The van der Waals surface area contributed by atoms with Crippen molar-refractivity contribution in [3.05, 3.63) is 0 Å². The lowest BCUT2D eigenvalue weighted by Gasteiger charge is -2.18. The molecule has 0 rings (SSSR count). The van der Waals surface area contributed by atoms with Crippen LogP contribution in [-0.2, 0) is 28.6 Å². The van der Waals surface area contributed by atoms with Crippen LogP contribution >= 0.6 is 0 Å². The predicted molar refractivity (Wildman–Crippen MR) is 164 cm³/mol. The van der Waals surface area contributed by atoms with E-state index in [1.54, 1.807) is 0 Å². The minimum atomic E-state index is -0.752. The van der Waals surface area contributed by atoms with E-state index in [4.69, 9.17) is 14.2 Å². The Labute approximate surface area is 247 Å². The summed E-state index contributed by atoms with van der Waals surface area (Å²) in [5.41, 5.74) is 0. The average Bonchev–Trinajstić information content (AvgIpc) is 2.94. The quantitative estimate of drug-likeness (QED) is 0.0487. The van der Waals surface area contributed by atoms with Crippen LogP contribution in [0, 0.1) is 0 Å². The molecule has 0 N–H and O–H groups in total. The fourth-order valence-corrected chi connectivity index (χ4v) is 4.73.